The smallest absolute Gasteiger partial charge is 0.226 e. The zero-order valence-corrected chi connectivity index (χ0v) is 18.9. The molecule has 1 amide bonds. The van der Waals surface area contributed by atoms with Crippen LogP contribution in [-0.4, -0.2) is 31.5 Å². The van der Waals surface area contributed by atoms with Crippen molar-refractivity contribution < 1.29 is 4.79 Å². The summed E-state index contributed by atoms with van der Waals surface area (Å²) in [6.45, 7) is 8.92. The molecule has 1 atom stereocenters. The SMILES string of the molecule is CN=C(NCCC(=O)Nc1cc(Br)ccc1C)NC(C)C(C)C.I. The van der Waals surface area contributed by atoms with Crippen molar-refractivity contribution in [3.8, 4) is 0 Å². The lowest BCUT2D eigenvalue weighted by atomic mass is 10.1. The molecule has 136 valence electrons. The van der Waals surface area contributed by atoms with Crippen LogP contribution in [0.15, 0.2) is 27.7 Å². The van der Waals surface area contributed by atoms with Gasteiger partial charge in [-0.15, -0.1) is 24.0 Å². The van der Waals surface area contributed by atoms with Gasteiger partial charge in [0.05, 0.1) is 0 Å². The summed E-state index contributed by atoms with van der Waals surface area (Å²) < 4.78 is 0.948. The monoisotopic (exact) mass is 510 g/mol. The Morgan fingerprint density at radius 3 is 2.54 bits per heavy atom. The maximum atomic E-state index is 12.0. The van der Waals surface area contributed by atoms with Crippen LogP contribution in [0, 0.1) is 12.8 Å². The van der Waals surface area contributed by atoms with E-state index in [0.29, 0.717) is 24.9 Å². The average Bonchev–Trinajstić information content (AvgIpc) is 2.49. The minimum Gasteiger partial charge on any atom is -0.356 e. The highest BCUT2D eigenvalue weighted by molar-refractivity contribution is 14.0. The van der Waals surface area contributed by atoms with E-state index in [0.717, 1.165) is 21.7 Å². The highest BCUT2D eigenvalue weighted by atomic mass is 127. The van der Waals surface area contributed by atoms with Crippen LogP contribution in [0.2, 0.25) is 0 Å². The summed E-state index contributed by atoms with van der Waals surface area (Å²) in [6.07, 6.45) is 0.378. The van der Waals surface area contributed by atoms with Gasteiger partial charge in [-0.05, 0) is 37.5 Å². The number of carbonyl (C=O) groups excluding carboxylic acids is 1. The van der Waals surface area contributed by atoms with Crippen LogP contribution < -0.4 is 16.0 Å². The van der Waals surface area contributed by atoms with Crippen molar-refractivity contribution >= 4 is 57.5 Å². The van der Waals surface area contributed by atoms with Crippen LogP contribution in [0.25, 0.3) is 0 Å². The molecular formula is C17H28BrIN4O. The van der Waals surface area contributed by atoms with E-state index in [9.17, 15) is 4.79 Å². The fourth-order valence-corrected chi connectivity index (χ4v) is 2.17. The van der Waals surface area contributed by atoms with Gasteiger partial charge in [-0.25, -0.2) is 0 Å². The van der Waals surface area contributed by atoms with E-state index in [2.05, 4.69) is 57.6 Å². The fourth-order valence-electron chi connectivity index (χ4n) is 1.81. The van der Waals surface area contributed by atoms with Gasteiger partial charge in [-0.1, -0.05) is 35.8 Å². The Balaban J connectivity index is 0.00000529. The maximum absolute atomic E-state index is 12.0. The average molecular weight is 511 g/mol. The molecule has 1 aromatic rings. The van der Waals surface area contributed by atoms with Crippen molar-refractivity contribution in [1.29, 1.82) is 0 Å². The van der Waals surface area contributed by atoms with Crippen LogP contribution in [0.3, 0.4) is 0 Å². The lowest BCUT2D eigenvalue weighted by molar-refractivity contribution is -0.116. The first-order chi connectivity index (χ1) is 10.8. The summed E-state index contributed by atoms with van der Waals surface area (Å²) in [5.41, 5.74) is 1.87. The van der Waals surface area contributed by atoms with Crippen LogP contribution in [0.4, 0.5) is 5.69 Å². The van der Waals surface area contributed by atoms with Gasteiger partial charge in [-0.3, -0.25) is 9.79 Å². The first-order valence-electron chi connectivity index (χ1n) is 7.86. The topological polar surface area (TPSA) is 65.5 Å². The Bertz CT molecular complexity index is 564. The van der Waals surface area contributed by atoms with E-state index >= 15 is 0 Å². The van der Waals surface area contributed by atoms with Gasteiger partial charge in [0.2, 0.25) is 5.91 Å². The number of nitrogens with one attached hydrogen (secondary N) is 3. The van der Waals surface area contributed by atoms with E-state index in [1.54, 1.807) is 7.05 Å². The molecule has 0 saturated carbocycles. The predicted molar refractivity (Wildman–Crippen MR) is 116 cm³/mol. The number of anilines is 1. The minimum absolute atomic E-state index is 0. The Kier molecular flexibility index (Phi) is 11.3. The van der Waals surface area contributed by atoms with Gasteiger partial charge in [0.25, 0.3) is 0 Å². The lowest BCUT2D eigenvalue weighted by Gasteiger charge is -2.20. The molecule has 0 aromatic heterocycles. The van der Waals surface area contributed by atoms with Crippen molar-refractivity contribution in [2.45, 2.75) is 40.2 Å². The van der Waals surface area contributed by atoms with Gasteiger partial charge in [0, 0.05) is 36.2 Å². The molecule has 1 unspecified atom stereocenters. The third-order valence-corrected chi connectivity index (χ3v) is 4.20. The third kappa shape index (κ3) is 8.32. The largest absolute Gasteiger partial charge is 0.356 e. The van der Waals surface area contributed by atoms with Crippen LogP contribution in [0.5, 0.6) is 0 Å². The van der Waals surface area contributed by atoms with E-state index < -0.39 is 0 Å². The number of hydrogen-bond donors (Lipinski definition) is 3. The second kappa shape index (κ2) is 11.7. The van der Waals surface area contributed by atoms with Gasteiger partial charge in [-0.2, -0.15) is 0 Å². The summed E-state index contributed by atoms with van der Waals surface area (Å²) in [5.74, 6) is 1.21. The minimum atomic E-state index is -0.0222. The molecule has 0 aliphatic rings. The van der Waals surface area contributed by atoms with Crippen molar-refractivity contribution in [3.05, 3.63) is 28.2 Å². The number of aliphatic imine (C=N–C) groups is 1. The number of halogens is 2. The predicted octanol–water partition coefficient (Wildman–Crippen LogP) is 3.91. The van der Waals surface area contributed by atoms with Crippen molar-refractivity contribution in [2.24, 2.45) is 10.9 Å². The molecule has 0 aliphatic heterocycles. The number of aryl methyl sites for hydroxylation is 1. The van der Waals surface area contributed by atoms with E-state index in [1.165, 1.54) is 0 Å². The number of hydrogen-bond acceptors (Lipinski definition) is 2. The van der Waals surface area contributed by atoms with Crippen molar-refractivity contribution in [2.75, 3.05) is 18.9 Å². The normalized spacial score (nSPS) is 12.4. The molecule has 24 heavy (non-hydrogen) atoms. The fraction of sp³-hybridized carbons (Fsp3) is 0.529. The van der Waals surface area contributed by atoms with Crippen molar-refractivity contribution in [1.82, 2.24) is 10.6 Å². The molecule has 0 spiro atoms. The summed E-state index contributed by atoms with van der Waals surface area (Å²) in [5, 5.41) is 9.41. The van der Waals surface area contributed by atoms with E-state index in [1.807, 2.05) is 25.1 Å². The van der Waals surface area contributed by atoms with Gasteiger partial charge >= 0.3 is 0 Å². The number of rotatable bonds is 6. The zero-order valence-electron chi connectivity index (χ0n) is 14.9. The van der Waals surface area contributed by atoms with Gasteiger partial charge < -0.3 is 16.0 Å². The molecule has 5 nitrogen and oxygen atoms in total. The standard InChI is InChI=1S/C17H27BrN4O.HI/c1-11(2)13(4)21-17(19-5)20-9-8-16(23)22-15-10-14(18)7-6-12(15)3;/h6-7,10-11,13H,8-9H2,1-5H3,(H,22,23)(H2,19,20,21);1H. The Morgan fingerprint density at radius 2 is 1.96 bits per heavy atom. The van der Waals surface area contributed by atoms with Crippen LogP contribution in [-0.2, 0) is 4.79 Å². The molecule has 0 saturated heterocycles. The first-order valence-corrected chi connectivity index (χ1v) is 8.66. The Hall–Kier alpha value is -0.830. The molecule has 1 aromatic carbocycles. The third-order valence-electron chi connectivity index (χ3n) is 3.71. The molecule has 0 bridgehead atoms. The lowest BCUT2D eigenvalue weighted by Crippen LogP contribution is -2.44. The second-order valence-electron chi connectivity index (χ2n) is 5.93. The first kappa shape index (κ1) is 23.2. The number of guanidine groups is 1. The highest BCUT2D eigenvalue weighted by Crippen LogP contribution is 2.20. The van der Waals surface area contributed by atoms with E-state index in [-0.39, 0.29) is 29.9 Å². The number of amides is 1. The van der Waals surface area contributed by atoms with Crippen LogP contribution in [0.1, 0.15) is 32.8 Å². The molecule has 0 radical (unpaired) electrons. The molecular weight excluding hydrogens is 483 g/mol. The van der Waals surface area contributed by atoms with Crippen molar-refractivity contribution in [3.63, 3.8) is 0 Å². The van der Waals surface area contributed by atoms with E-state index in [4.69, 9.17) is 0 Å². The summed E-state index contributed by atoms with van der Waals surface area (Å²) in [4.78, 5) is 16.2. The number of carbonyl (C=O) groups is 1. The quantitative estimate of drug-likeness (QED) is 0.309. The summed E-state index contributed by atoms with van der Waals surface area (Å²) in [7, 11) is 1.73. The highest BCUT2D eigenvalue weighted by Gasteiger charge is 2.10. The number of benzene rings is 1. The van der Waals surface area contributed by atoms with Gasteiger partial charge in [0.15, 0.2) is 5.96 Å². The van der Waals surface area contributed by atoms with Crippen LogP contribution >= 0.6 is 39.9 Å². The molecule has 7 heteroatoms. The zero-order chi connectivity index (χ0) is 17.4. The molecule has 0 aliphatic carbocycles. The second-order valence-corrected chi connectivity index (χ2v) is 6.85. The molecule has 0 fully saturated rings. The molecule has 3 N–H and O–H groups in total. The Morgan fingerprint density at radius 1 is 1.29 bits per heavy atom. The summed E-state index contributed by atoms with van der Waals surface area (Å²) >= 11 is 3.41. The molecule has 0 heterocycles. The summed E-state index contributed by atoms with van der Waals surface area (Å²) in [6, 6.07) is 6.15. The Labute approximate surface area is 170 Å². The number of nitrogens with zero attached hydrogens (tertiary/aromatic N) is 1. The molecule has 1 rings (SSSR count). The maximum Gasteiger partial charge on any atom is 0.226 e. The van der Waals surface area contributed by atoms with Gasteiger partial charge in [0.1, 0.15) is 0 Å².